The van der Waals surface area contributed by atoms with Gasteiger partial charge in [-0.25, -0.2) is 13.8 Å². The van der Waals surface area contributed by atoms with Crippen molar-refractivity contribution >= 4 is 17.2 Å². The van der Waals surface area contributed by atoms with E-state index in [1.54, 1.807) is 6.92 Å². The summed E-state index contributed by atoms with van der Waals surface area (Å²) in [6.07, 6.45) is 2.29. The molecule has 1 aromatic carbocycles. The van der Waals surface area contributed by atoms with Crippen molar-refractivity contribution in [3.05, 3.63) is 68.1 Å². The lowest BCUT2D eigenvalue weighted by molar-refractivity contribution is 0.0859. The van der Waals surface area contributed by atoms with Crippen molar-refractivity contribution in [2.45, 2.75) is 39.3 Å². The molecule has 10 heteroatoms. The Hall–Kier alpha value is -3.11. The van der Waals surface area contributed by atoms with Crippen LogP contribution < -0.4 is 10.7 Å². The highest BCUT2D eigenvalue weighted by Crippen LogP contribution is 2.30. The molecule has 3 heterocycles. The third kappa shape index (κ3) is 4.81. The number of fused-ring (bicyclic) bond motifs is 1. The lowest BCUT2D eigenvalue weighted by Gasteiger charge is -2.21. The Kier molecular flexibility index (Phi) is 6.57. The number of carbonyl (C=O) groups excluding carboxylic acids is 1. The van der Waals surface area contributed by atoms with Gasteiger partial charge < -0.3 is 19.7 Å². The molecule has 7 nitrogen and oxygen atoms in total. The molecule has 0 radical (unpaired) electrons. The van der Waals surface area contributed by atoms with Crippen LogP contribution in [0.5, 0.6) is 5.75 Å². The Morgan fingerprint density at radius 2 is 2.09 bits per heavy atom. The summed E-state index contributed by atoms with van der Waals surface area (Å²) in [6, 6.07) is 3.20. The zero-order valence-corrected chi connectivity index (χ0v) is 19.0. The SMILES string of the molecule is Cc1nc(-c2cn3c(c(O)c2=O)C(=O)N[C@H](C)CCOCC3)sc1Cc1ccc(F)cc1F. The Morgan fingerprint density at radius 3 is 2.85 bits per heavy atom. The van der Waals surface area contributed by atoms with E-state index < -0.39 is 28.7 Å². The van der Waals surface area contributed by atoms with E-state index in [0.29, 0.717) is 40.8 Å². The minimum Gasteiger partial charge on any atom is -0.503 e. The molecule has 33 heavy (non-hydrogen) atoms. The minimum absolute atomic E-state index is 0.122. The van der Waals surface area contributed by atoms with Crippen LogP contribution in [0.15, 0.2) is 29.2 Å². The molecule has 1 atom stereocenters. The number of amides is 1. The summed E-state index contributed by atoms with van der Waals surface area (Å²) in [5, 5.41) is 13.8. The maximum absolute atomic E-state index is 14.1. The van der Waals surface area contributed by atoms with E-state index in [1.165, 1.54) is 34.2 Å². The van der Waals surface area contributed by atoms with Gasteiger partial charge in [-0.1, -0.05) is 6.07 Å². The van der Waals surface area contributed by atoms with Gasteiger partial charge in [-0.3, -0.25) is 9.59 Å². The zero-order valence-electron chi connectivity index (χ0n) is 18.2. The van der Waals surface area contributed by atoms with Gasteiger partial charge in [-0.15, -0.1) is 11.3 Å². The number of aryl methyl sites for hydroxylation is 1. The van der Waals surface area contributed by atoms with E-state index >= 15 is 0 Å². The van der Waals surface area contributed by atoms with Crippen LogP contribution in [-0.4, -0.2) is 39.8 Å². The van der Waals surface area contributed by atoms with Crippen LogP contribution in [0.1, 0.15) is 40.0 Å². The molecule has 1 aliphatic heterocycles. The largest absolute Gasteiger partial charge is 0.503 e. The zero-order chi connectivity index (χ0) is 23.7. The first-order valence-corrected chi connectivity index (χ1v) is 11.3. The highest BCUT2D eigenvalue weighted by molar-refractivity contribution is 7.15. The molecule has 2 aromatic heterocycles. The normalized spacial score (nSPS) is 16.8. The smallest absolute Gasteiger partial charge is 0.272 e. The van der Waals surface area contributed by atoms with Crippen LogP contribution in [0.4, 0.5) is 8.78 Å². The lowest BCUT2D eigenvalue weighted by atomic mass is 10.1. The third-order valence-electron chi connectivity index (χ3n) is 5.51. The molecule has 0 saturated heterocycles. The maximum Gasteiger partial charge on any atom is 0.272 e. The van der Waals surface area contributed by atoms with Crippen molar-refractivity contribution < 1.29 is 23.4 Å². The predicted octanol–water partition coefficient (Wildman–Crippen LogP) is 3.39. The van der Waals surface area contributed by atoms with E-state index in [9.17, 15) is 23.5 Å². The van der Waals surface area contributed by atoms with Crippen LogP contribution in [0.3, 0.4) is 0 Å². The van der Waals surface area contributed by atoms with E-state index in [2.05, 4.69) is 10.3 Å². The number of hydrogen-bond acceptors (Lipinski definition) is 6. The second kappa shape index (κ2) is 9.40. The van der Waals surface area contributed by atoms with Gasteiger partial charge in [-0.05, 0) is 31.9 Å². The second-order valence-electron chi connectivity index (χ2n) is 7.98. The van der Waals surface area contributed by atoms with Crippen LogP contribution in [0, 0.1) is 18.6 Å². The van der Waals surface area contributed by atoms with Gasteiger partial charge in [0.25, 0.3) is 5.91 Å². The summed E-state index contributed by atoms with van der Waals surface area (Å²) in [4.78, 5) is 30.9. The molecule has 1 aliphatic rings. The number of halogens is 2. The summed E-state index contributed by atoms with van der Waals surface area (Å²) < 4.78 is 34.4. The molecule has 0 fully saturated rings. The number of aromatic nitrogens is 2. The summed E-state index contributed by atoms with van der Waals surface area (Å²) in [7, 11) is 0. The fourth-order valence-corrected chi connectivity index (χ4v) is 4.74. The van der Waals surface area contributed by atoms with E-state index in [0.717, 1.165) is 6.07 Å². The van der Waals surface area contributed by atoms with Gasteiger partial charge in [0, 0.05) is 42.8 Å². The molecule has 0 bridgehead atoms. The van der Waals surface area contributed by atoms with Gasteiger partial charge in [-0.2, -0.15) is 0 Å². The van der Waals surface area contributed by atoms with Crippen LogP contribution in [0.2, 0.25) is 0 Å². The summed E-state index contributed by atoms with van der Waals surface area (Å²) in [5.41, 5.74) is 0.201. The van der Waals surface area contributed by atoms with Crippen molar-refractivity contribution in [2.24, 2.45) is 0 Å². The topological polar surface area (TPSA) is 93.5 Å². The highest BCUT2D eigenvalue weighted by atomic mass is 32.1. The fourth-order valence-electron chi connectivity index (χ4n) is 3.65. The predicted molar refractivity (Wildman–Crippen MR) is 120 cm³/mol. The number of pyridine rings is 1. The number of nitrogens with one attached hydrogen (secondary N) is 1. The average molecular weight is 476 g/mol. The molecule has 0 saturated carbocycles. The standard InChI is InChI=1S/C23H23F2N3O4S/c1-12-5-7-32-8-6-28-11-16(20(29)21(30)19(28)22(31)26-12)23-27-13(2)18(33-23)9-14-3-4-15(24)10-17(14)25/h3-4,10-12,30H,5-9H2,1-2H3,(H,26,31)/t12-/m1/s1. The molecule has 4 rings (SSSR count). The number of nitrogens with zero attached hydrogens (tertiary/aromatic N) is 2. The number of rotatable bonds is 3. The Morgan fingerprint density at radius 1 is 1.30 bits per heavy atom. The molecule has 0 spiro atoms. The Balaban J connectivity index is 1.74. The number of benzene rings is 1. The van der Waals surface area contributed by atoms with Crippen molar-refractivity contribution in [1.82, 2.24) is 14.9 Å². The first-order chi connectivity index (χ1) is 15.7. The van der Waals surface area contributed by atoms with Gasteiger partial charge in [0.2, 0.25) is 5.43 Å². The van der Waals surface area contributed by atoms with Crippen molar-refractivity contribution in [3.8, 4) is 16.3 Å². The van der Waals surface area contributed by atoms with Gasteiger partial charge in [0.1, 0.15) is 16.6 Å². The van der Waals surface area contributed by atoms with Crippen LogP contribution in [0.25, 0.3) is 10.6 Å². The first kappa shape index (κ1) is 23.1. The fraction of sp³-hybridized carbons (Fsp3) is 0.348. The number of hydrogen-bond donors (Lipinski definition) is 2. The minimum atomic E-state index is -0.713. The summed E-state index contributed by atoms with van der Waals surface area (Å²) in [6.45, 7) is 4.60. The van der Waals surface area contributed by atoms with E-state index in [4.69, 9.17) is 4.74 Å². The summed E-state index contributed by atoms with van der Waals surface area (Å²) in [5.74, 6) is -2.50. The average Bonchev–Trinajstić information content (AvgIpc) is 3.11. The third-order valence-corrected chi connectivity index (χ3v) is 6.70. The molecule has 0 aliphatic carbocycles. The molecule has 0 unspecified atom stereocenters. The molecule has 3 aromatic rings. The Labute approximate surface area is 192 Å². The van der Waals surface area contributed by atoms with Gasteiger partial charge >= 0.3 is 0 Å². The Bertz CT molecular complexity index is 1270. The molecule has 174 valence electrons. The lowest BCUT2D eigenvalue weighted by Crippen LogP contribution is -2.37. The first-order valence-electron chi connectivity index (χ1n) is 10.5. The number of aromatic hydroxyl groups is 1. The molecule has 2 N–H and O–H groups in total. The van der Waals surface area contributed by atoms with Crippen LogP contribution >= 0.6 is 11.3 Å². The van der Waals surface area contributed by atoms with Crippen LogP contribution in [-0.2, 0) is 17.7 Å². The highest BCUT2D eigenvalue weighted by Gasteiger charge is 2.25. The number of carbonyl (C=O) groups is 1. The van der Waals surface area contributed by atoms with E-state index in [1.807, 2.05) is 6.92 Å². The molecular formula is C23H23F2N3O4S. The van der Waals surface area contributed by atoms with Gasteiger partial charge in [0.05, 0.1) is 17.9 Å². The van der Waals surface area contributed by atoms with Crippen molar-refractivity contribution in [1.29, 1.82) is 0 Å². The maximum atomic E-state index is 14.1. The second-order valence-corrected chi connectivity index (χ2v) is 9.06. The van der Waals surface area contributed by atoms with Crippen molar-refractivity contribution in [2.75, 3.05) is 13.2 Å². The number of ether oxygens (including phenoxy) is 1. The van der Waals surface area contributed by atoms with Gasteiger partial charge in [0.15, 0.2) is 11.4 Å². The summed E-state index contributed by atoms with van der Waals surface area (Å²) >= 11 is 1.18. The molecule has 1 amide bonds. The quantitative estimate of drug-likeness (QED) is 0.606. The van der Waals surface area contributed by atoms with Crippen molar-refractivity contribution in [3.63, 3.8) is 0 Å². The van der Waals surface area contributed by atoms with E-state index in [-0.39, 0.29) is 30.3 Å². The molecular weight excluding hydrogens is 452 g/mol. The monoisotopic (exact) mass is 475 g/mol. The number of thiazole rings is 1.